The van der Waals surface area contributed by atoms with E-state index in [0.29, 0.717) is 33.0 Å². The van der Waals surface area contributed by atoms with Gasteiger partial charge < -0.3 is 39.2 Å². The van der Waals surface area contributed by atoms with Crippen molar-refractivity contribution in [3.8, 4) is 5.75 Å². The first kappa shape index (κ1) is 34.2. The molecule has 9 nitrogen and oxygen atoms in total. The quantitative estimate of drug-likeness (QED) is 0.247. The number of hydrogen-bond acceptors (Lipinski definition) is 8. The molecule has 1 amide bonds. The fourth-order valence-corrected chi connectivity index (χ4v) is 6.28. The molecule has 0 aromatic heterocycles. The van der Waals surface area contributed by atoms with Crippen LogP contribution in [0, 0.1) is 0 Å². The molecule has 2 aliphatic heterocycles. The third kappa shape index (κ3) is 10.4. The molecule has 0 aliphatic carbocycles. The SMILES string of the molecule is CCOC(C)COCc1ccc([C@H]2C[C@@H](C[C@@H](C)NC(C)=O)NC[C@@H]2OCc2ccc3c(c2)N(CCCOC)CCO3)cc1. The van der Waals surface area contributed by atoms with Gasteiger partial charge in [0.1, 0.15) is 12.4 Å². The smallest absolute Gasteiger partial charge is 0.217 e. The van der Waals surface area contributed by atoms with Crippen LogP contribution in [0.2, 0.25) is 0 Å². The van der Waals surface area contributed by atoms with Gasteiger partial charge in [-0.15, -0.1) is 0 Å². The number of piperidine rings is 1. The van der Waals surface area contributed by atoms with E-state index in [2.05, 4.69) is 64.9 Å². The van der Waals surface area contributed by atoms with Crippen molar-refractivity contribution in [1.82, 2.24) is 10.6 Å². The molecular weight excluding hydrogens is 558 g/mol. The Balaban J connectivity index is 1.42. The summed E-state index contributed by atoms with van der Waals surface area (Å²) in [5.74, 6) is 1.17. The van der Waals surface area contributed by atoms with Crippen molar-refractivity contribution in [3.63, 3.8) is 0 Å². The maximum absolute atomic E-state index is 11.6. The number of nitrogens with zero attached hydrogens (tertiary/aromatic N) is 1. The second-order valence-corrected chi connectivity index (χ2v) is 12.1. The van der Waals surface area contributed by atoms with Crippen LogP contribution < -0.4 is 20.3 Å². The van der Waals surface area contributed by atoms with Crippen molar-refractivity contribution in [2.24, 2.45) is 0 Å². The molecule has 1 fully saturated rings. The van der Waals surface area contributed by atoms with Gasteiger partial charge in [0.2, 0.25) is 5.91 Å². The Labute approximate surface area is 263 Å². The number of methoxy groups -OCH3 is 1. The molecule has 2 N–H and O–H groups in total. The van der Waals surface area contributed by atoms with E-state index in [4.69, 9.17) is 23.7 Å². The lowest BCUT2D eigenvalue weighted by Crippen LogP contribution is -2.49. The number of anilines is 1. The Morgan fingerprint density at radius 1 is 1.14 bits per heavy atom. The molecule has 2 heterocycles. The Morgan fingerprint density at radius 3 is 2.68 bits per heavy atom. The van der Waals surface area contributed by atoms with Gasteiger partial charge in [0.15, 0.2) is 0 Å². The Bertz CT molecular complexity index is 1150. The zero-order valence-corrected chi connectivity index (χ0v) is 27.3. The van der Waals surface area contributed by atoms with Gasteiger partial charge in [-0.05, 0) is 68.9 Å². The molecule has 0 spiro atoms. The predicted molar refractivity (Wildman–Crippen MR) is 173 cm³/mol. The molecule has 1 saturated heterocycles. The Hall–Kier alpha value is -2.69. The number of rotatable bonds is 17. The molecule has 2 aromatic carbocycles. The van der Waals surface area contributed by atoms with E-state index in [1.807, 2.05) is 13.8 Å². The second-order valence-electron chi connectivity index (χ2n) is 12.1. The highest BCUT2D eigenvalue weighted by molar-refractivity contribution is 5.73. The minimum absolute atomic E-state index is 0.00670. The molecule has 1 unspecified atom stereocenters. The van der Waals surface area contributed by atoms with Gasteiger partial charge in [-0.25, -0.2) is 0 Å². The maximum Gasteiger partial charge on any atom is 0.217 e. The molecule has 4 rings (SSSR count). The average Bonchev–Trinajstić information content (AvgIpc) is 3.00. The van der Waals surface area contributed by atoms with Gasteiger partial charge in [0, 0.05) is 58.3 Å². The van der Waals surface area contributed by atoms with Gasteiger partial charge in [0.25, 0.3) is 0 Å². The number of carbonyl (C=O) groups excluding carboxylic acids is 1. The van der Waals surface area contributed by atoms with Crippen molar-refractivity contribution in [2.45, 2.75) is 90.4 Å². The van der Waals surface area contributed by atoms with Crippen LogP contribution in [0.3, 0.4) is 0 Å². The van der Waals surface area contributed by atoms with Gasteiger partial charge in [-0.1, -0.05) is 30.3 Å². The van der Waals surface area contributed by atoms with E-state index >= 15 is 0 Å². The number of amides is 1. The van der Waals surface area contributed by atoms with E-state index in [1.165, 1.54) is 5.56 Å². The highest BCUT2D eigenvalue weighted by Gasteiger charge is 2.33. The first-order chi connectivity index (χ1) is 21.4. The summed E-state index contributed by atoms with van der Waals surface area (Å²) in [6.07, 6.45) is 2.88. The molecular formula is C35H53N3O6. The number of ether oxygens (including phenoxy) is 5. The number of benzene rings is 2. The van der Waals surface area contributed by atoms with Crippen molar-refractivity contribution in [3.05, 3.63) is 59.2 Å². The van der Waals surface area contributed by atoms with Gasteiger partial charge >= 0.3 is 0 Å². The molecule has 2 aromatic rings. The van der Waals surface area contributed by atoms with Crippen LogP contribution in [0.1, 0.15) is 69.6 Å². The fraction of sp³-hybridized carbons (Fsp3) is 0.629. The van der Waals surface area contributed by atoms with E-state index in [1.54, 1.807) is 14.0 Å². The number of carbonyl (C=O) groups is 1. The number of hydrogen-bond donors (Lipinski definition) is 2. The lowest BCUT2D eigenvalue weighted by atomic mass is 9.82. The summed E-state index contributed by atoms with van der Waals surface area (Å²) in [5.41, 5.74) is 4.68. The van der Waals surface area contributed by atoms with Crippen molar-refractivity contribution in [1.29, 1.82) is 0 Å². The lowest BCUT2D eigenvalue weighted by Gasteiger charge is -2.38. The van der Waals surface area contributed by atoms with E-state index in [9.17, 15) is 4.79 Å². The first-order valence-electron chi connectivity index (χ1n) is 16.3. The fourth-order valence-electron chi connectivity index (χ4n) is 6.28. The summed E-state index contributed by atoms with van der Waals surface area (Å²) < 4.78 is 29.3. The van der Waals surface area contributed by atoms with Crippen LogP contribution in [-0.4, -0.2) is 83.4 Å². The largest absolute Gasteiger partial charge is 0.490 e. The number of fused-ring (bicyclic) bond motifs is 1. The molecule has 244 valence electrons. The second kappa shape index (κ2) is 17.7. The summed E-state index contributed by atoms with van der Waals surface area (Å²) in [6, 6.07) is 15.6. The van der Waals surface area contributed by atoms with Gasteiger partial charge in [-0.3, -0.25) is 4.79 Å². The van der Waals surface area contributed by atoms with E-state index in [0.717, 1.165) is 68.1 Å². The van der Waals surface area contributed by atoms with Crippen molar-refractivity contribution >= 4 is 11.6 Å². The zero-order valence-electron chi connectivity index (χ0n) is 27.3. The third-order valence-electron chi connectivity index (χ3n) is 8.39. The van der Waals surface area contributed by atoms with Crippen LogP contribution in [0.5, 0.6) is 5.75 Å². The van der Waals surface area contributed by atoms with Crippen LogP contribution in [0.4, 0.5) is 5.69 Å². The van der Waals surface area contributed by atoms with E-state index in [-0.39, 0.29) is 36.1 Å². The van der Waals surface area contributed by atoms with Crippen LogP contribution in [-0.2, 0) is 37.0 Å². The summed E-state index contributed by atoms with van der Waals surface area (Å²) in [5, 5.41) is 6.74. The highest BCUT2D eigenvalue weighted by atomic mass is 16.5. The Morgan fingerprint density at radius 2 is 1.93 bits per heavy atom. The molecule has 44 heavy (non-hydrogen) atoms. The van der Waals surface area contributed by atoms with Gasteiger partial charge in [-0.2, -0.15) is 0 Å². The molecule has 5 atom stereocenters. The molecule has 0 bridgehead atoms. The maximum atomic E-state index is 11.6. The first-order valence-corrected chi connectivity index (χ1v) is 16.3. The van der Waals surface area contributed by atoms with Crippen molar-refractivity contribution in [2.75, 3.05) is 58.1 Å². The summed E-state index contributed by atoms with van der Waals surface area (Å²) >= 11 is 0. The number of nitrogens with one attached hydrogen (secondary N) is 2. The summed E-state index contributed by atoms with van der Waals surface area (Å²) in [7, 11) is 1.75. The summed E-state index contributed by atoms with van der Waals surface area (Å²) in [6.45, 7) is 14.0. The lowest BCUT2D eigenvalue weighted by molar-refractivity contribution is -0.119. The standard InChI is InChI=1S/C35H53N3O6/c1-6-42-26(3)22-41-23-28-8-11-30(12-9-28)32-20-31(18-25(2)37-27(4)39)36-21-35(32)44-24-29-10-13-34-33(19-29)38(15-17-43-34)14-7-16-40-5/h8-13,19,25-26,31-32,35-36H,6-7,14-18,20-24H2,1-5H3,(H,37,39)/t25-,26?,31-,32-,35+/m1/s1. The average molecular weight is 612 g/mol. The van der Waals surface area contributed by atoms with Crippen molar-refractivity contribution < 1.29 is 28.5 Å². The third-order valence-corrected chi connectivity index (χ3v) is 8.39. The predicted octanol–water partition coefficient (Wildman–Crippen LogP) is 4.81. The summed E-state index contributed by atoms with van der Waals surface area (Å²) in [4.78, 5) is 14.0. The zero-order chi connectivity index (χ0) is 31.3. The monoisotopic (exact) mass is 611 g/mol. The van der Waals surface area contributed by atoms with Crippen LogP contribution in [0.15, 0.2) is 42.5 Å². The molecule has 2 aliphatic rings. The molecule has 0 radical (unpaired) electrons. The van der Waals surface area contributed by atoms with Crippen LogP contribution in [0.25, 0.3) is 0 Å². The van der Waals surface area contributed by atoms with Gasteiger partial charge in [0.05, 0.1) is 44.3 Å². The topological polar surface area (TPSA) is 90.5 Å². The minimum Gasteiger partial charge on any atom is -0.490 e. The van der Waals surface area contributed by atoms with Crippen LogP contribution >= 0.6 is 0 Å². The Kier molecular flexibility index (Phi) is 13.8. The minimum atomic E-state index is 0.00670. The normalized spacial score (nSPS) is 21.3. The molecule has 9 heteroatoms. The molecule has 0 saturated carbocycles. The highest BCUT2D eigenvalue weighted by Crippen LogP contribution is 2.35. The van der Waals surface area contributed by atoms with E-state index < -0.39 is 0 Å².